The fraction of sp³-hybridized carbons (Fsp3) is 0.424. The Labute approximate surface area is 270 Å². The van der Waals surface area contributed by atoms with Gasteiger partial charge in [-0.15, -0.1) is 0 Å². The fourth-order valence-electron chi connectivity index (χ4n) is 6.02. The molecule has 0 saturated carbocycles. The second-order valence-electron chi connectivity index (χ2n) is 11.4. The molecule has 2 amide bonds. The number of anilines is 1. The van der Waals surface area contributed by atoms with E-state index in [2.05, 4.69) is 15.2 Å². The minimum atomic E-state index is -4.77. The van der Waals surface area contributed by atoms with Gasteiger partial charge in [0.2, 0.25) is 5.88 Å². The van der Waals surface area contributed by atoms with E-state index in [1.807, 2.05) is 18.9 Å². The molecule has 2 atom stereocenters. The minimum Gasteiger partial charge on any atom is -0.478 e. The summed E-state index contributed by atoms with van der Waals surface area (Å²) in [4.78, 5) is 36.8. The molecule has 0 aliphatic carbocycles. The summed E-state index contributed by atoms with van der Waals surface area (Å²) in [6, 6.07) is 9.41. The van der Waals surface area contributed by atoms with Gasteiger partial charge in [0.25, 0.3) is 11.8 Å². The number of carbonyl (C=O) groups is 2. The van der Waals surface area contributed by atoms with E-state index in [0.29, 0.717) is 30.8 Å². The predicted molar refractivity (Wildman–Crippen MR) is 168 cm³/mol. The summed E-state index contributed by atoms with van der Waals surface area (Å²) < 4.78 is 63.7. The van der Waals surface area contributed by atoms with E-state index in [-0.39, 0.29) is 47.7 Å². The SMILES string of the molecule is CCOc1ncccc1-c1ccc(N2CCN(C(=O)c3ccc(Cl)cc3C(F)(F)F)C[C@H]2CC)c(C(=O)NC[C@@H]2CCN2C)c1F. The number of nitrogens with one attached hydrogen (secondary N) is 1. The molecule has 0 spiro atoms. The van der Waals surface area contributed by atoms with Gasteiger partial charge in [-0.25, -0.2) is 9.37 Å². The molecule has 2 aliphatic rings. The second-order valence-corrected chi connectivity index (χ2v) is 11.9. The predicted octanol–water partition coefficient (Wildman–Crippen LogP) is 6.13. The van der Waals surface area contributed by atoms with Gasteiger partial charge in [-0.3, -0.25) is 9.59 Å². The zero-order chi connectivity index (χ0) is 33.2. The van der Waals surface area contributed by atoms with Crippen molar-refractivity contribution in [3.63, 3.8) is 0 Å². The Morgan fingerprint density at radius 1 is 1.07 bits per heavy atom. The summed E-state index contributed by atoms with van der Waals surface area (Å²) in [6.07, 6.45) is -1.84. The van der Waals surface area contributed by atoms with Crippen LogP contribution in [0, 0.1) is 5.82 Å². The van der Waals surface area contributed by atoms with Gasteiger partial charge in [0, 0.05) is 60.6 Å². The molecule has 8 nitrogen and oxygen atoms in total. The molecule has 2 saturated heterocycles. The summed E-state index contributed by atoms with van der Waals surface area (Å²) in [6.45, 7) is 5.54. The van der Waals surface area contributed by atoms with Gasteiger partial charge in [0.1, 0.15) is 5.82 Å². The molecule has 5 rings (SSSR count). The summed E-state index contributed by atoms with van der Waals surface area (Å²) in [5.74, 6) is -1.86. The highest BCUT2D eigenvalue weighted by Gasteiger charge is 2.39. The van der Waals surface area contributed by atoms with Gasteiger partial charge in [0.05, 0.1) is 29.0 Å². The first-order valence-corrected chi connectivity index (χ1v) is 15.6. The maximum absolute atomic E-state index is 16.6. The summed E-state index contributed by atoms with van der Waals surface area (Å²) in [5.41, 5.74) is -0.859. The van der Waals surface area contributed by atoms with Crippen LogP contribution >= 0.6 is 11.6 Å². The molecule has 2 aliphatic heterocycles. The lowest BCUT2D eigenvalue weighted by Crippen LogP contribution is -2.55. The number of pyridine rings is 1. The molecule has 3 heterocycles. The van der Waals surface area contributed by atoms with Crippen LogP contribution in [0.4, 0.5) is 23.2 Å². The zero-order valence-corrected chi connectivity index (χ0v) is 26.6. The monoisotopic (exact) mass is 661 g/mol. The van der Waals surface area contributed by atoms with Crippen molar-refractivity contribution in [2.75, 3.05) is 51.3 Å². The van der Waals surface area contributed by atoms with Crippen molar-refractivity contribution in [2.24, 2.45) is 0 Å². The number of hydrogen-bond donors (Lipinski definition) is 1. The molecule has 46 heavy (non-hydrogen) atoms. The Hall–Kier alpha value is -3.90. The van der Waals surface area contributed by atoms with Crippen LogP contribution in [0.5, 0.6) is 5.88 Å². The smallest absolute Gasteiger partial charge is 0.417 e. The van der Waals surface area contributed by atoms with E-state index >= 15 is 4.39 Å². The lowest BCUT2D eigenvalue weighted by atomic mass is 9.97. The Morgan fingerprint density at radius 2 is 1.85 bits per heavy atom. The topological polar surface area (TPSA) is 78.0 Å². The number of aromatic nitrogens is 1. The van der Waals surface area contributed by atoms with Gasteiger partial charge in [0.15, 0.2) is 0 Å². The Morgan fingerprint density at radius 3 is 2.50 bits per heavy atom. The number of nitrogens with zero attached hydrogens (tertiary/aromatic N) is 4. The number of piperazine rings is 1. The van der Waals surface area contributed by atoms with Crippen molar-refractivity contribution in [2.45, 2.75) is 44.9 Å². The number of rotatable bonds is 9. The molecule has 246 valence electrons. The number of likely N-dealkylation sites (N-methyl/N-ethyl adjacent to an activating group) is 1. The van der Waals surface area contributed by atoms with E-state index in [1.54, 1.807) is 31.2 Å². The summed E-state index contributed by atoms with van der Waals surface area (Å²) in [7, 11) is 1.96. The van der Waals surface area contributed by atoms with E-state index in [9.17, 15) is 22.8 Å². The molecule has 3 aromatic rings. The lowest BCUT2D eigenvalue weighted by molar-refractivity contribution is -0.138. The molecule has 13 heteroatoms. The average molecular weight is 662 g/mol. The normalized spacial score (nSPS) is 18.7. The number of alkyl halides is 3. The number of hydrogen-bond acceptors (Lipinski definition) is 6. The molecule has 1 N–H and O–H groups in total. The van der Waals surface area contributed by atoms with Gasteiger partial charge in [-0.2, -0.15) is 13.2 Å². The Balaban J connectivity index is 1.49. The first kappa shape index (κ1) is 33.5. The van der Waals surface area contributed by atoms with Crippen LogP contribution in [0.15, 0.2) is 48.7 Å². The number of amides is 2. The van der Waals surface area contributed by atoms with Crippen LogP contribution in [0.2, 0.25) is 5.02 Å². The van der Waals surface area contributed by atoms with Crippen molar-refractivity contribution in [1.29, 1.82) is 0 Å². The third-order valence-electron chi connectivity index (χ3n) is 8.69. The largest absolute Gasteiger partial charge is 0.478 e. The third-order valence-corrected chi connectivity index (χ3v) is 8.93. The van der Waals surface area contributed by atoms with Crippen LogP contribution < -0.4 is 15.0 Å². The lowest BCUT2D eigenvalue weighted by Gasteiger charge is -2.43. The first-order valence-electron chi connectivity index (χ1n) is 15.3. The number of benzene rings is 2. The van der Waals surface area contributed by atoms with Crippen LogP contribution in [0.3, 0.4) is 0 Å². The van der Waals surface area contributed by atoms with E-state index in [1.165, 1.54) is 17.2 Å². The fourth-order valence-corrected chi connectivity index (χ4v) is 6.19. The highest BCUT2D eigenvalue weighted by atomic mass is 35.5. The number of halogens is 5. The van der Waals surface area contributed by atoms with Gasteiger partial charge < -0.3 is 24.8 Å². The van der Waals surface area contributed by atoms with Crippen molar-refractivity contribution in [3.05, 3.63) is 76.2 Å². The third kappa shape index (κ3) is 6.78. The number of carbonyl (C=O) groups excluding carboxylic acids is 2. The molecule has 2 fully saturated rings. The molecule has 0 unspecified atom stereocenters. The van der Waals surface area contributed by atoms with Crippen LogP contribution in [0.1, 0.15) is 53.0 Å². The van der Waals surface area contributed by atoms with Gasteiger partial charge in [-0.05, 0) is 75.8 Å². The Bertz CT molecular complexity index is 1600. The average Bonchev–Trinajstić information content (AvgIpc) is 3.03. The maximum atomic E-state index is 16.6. The van der Waals surface area contributed by atoms with Crippen LogP contribution in [0.25, 0.3) is 11.1 Å². The Kier molecular flexibility index (Phi) is 10.1. The first-order chi connectivity index (χ1) is 21.9. The van der Waals surface area contributed by atoms with E-state index in [0.717, 1.165) is 25.1 Å². The minimum absolute atomic E-state index is 0.0592. The van der Waals surface area contributed by atoms with Gasteiger partial charge in [-0.1, -0.05) is 18.5 Å². The number of ether oxygens (including phenoxy) is 1. The van der Waals surface area contributed by atoms with Crippen molar-refractivity contribution in [1.82, 2.24) is 20.1 Å². The second kappa shape index (κ2) is 13.8. The van der Waals surface area contributed by atoms with Crippen molar-refractivity contribution < 1.29 is 31.9 Å². The molecular weight excluding hydrogens is 626 g/mol. The molecular formula is C33H36ClF4N5O3. The molecule has 1 aromatic heterocycles. The maximum Gasteiger partial charge on any atom is 0.417 e. The van der Waals surface area contributed by atoms with Crippen LogP contribution in [-0.2, 0) is 6.18 Å². The zero-order valence-electron chi connectivity index (χ0n) is 25.8. The quantitative estimate of drug-likeness (QED) is 0.278. The molecule has 2 aromatic carbocycles. The van der Waals surface area contributed by atoms with Gasteiger partial charge >= 0.3 is 6.18 Å². The summed E-state index contributed by atoms with van der Waals surface area (Å²) in [5, 5.41) is 2.78. The van der Waals surface area contributed by atoms with Crippen LogP contribution in [-0.4, -0.2) is 85.1 Å². The molecule has 0 bridgehead atoms. The van der Waals surface area contributed by atoms with E-state index in [4.69, 9.17) is 16.3 Å². The standard InChI is InChI=1S/C33H36ClF4N5O3/c1-4-21-19-42(32(45)25-9-8-20(34)17-26(25)33(36,37)38)15-16-43(21)27-11-10-23(24-7-6-13-39-31(24)46-5-2)29(35)28(27)30(44)40-18-22-12-14-41(22)3/h6-11,13,17,21-22H,4-5,12,14-16,18-19H2,1-3H3,(H,40,44)/t21-,22+/m1/s1. The molecule has 0 radical (unpaired) electrons. The van der Waals surface area contributed by atoms with E-state index < -0.39 is 41.0 Å². The number of likely N-dealkylation sites (tertiary alicyclic amines) is 1. The van der Waals surface area contributed by atoms with Crippen molar-refractivity contribution in [3.8, 4) is 17.0 Å². The summed E-state index contributed by atoms with van der Waals surface area (Å²) >= 11 is 5.82. The highest BCUT2D eigenvalue weighted by molar-refractivity contribution is 6.30. The highest BCUT2D eigenvalue weighted by Crippen LogP contribution is 2.38. The van der Waals surface area contributed by atoms with Crippen molar-refractivity contribution >= 4 is 29.1 Å².